The topological polar surface area (TPSA) is 0 Å². The van der Waals surface area contributed by atoms with Crippen LogP contribution in [0.25, 0.3) is 0 Å². The minimum absolute atomic E-state index is 0. The Morgan fingerprint density at radius 1 is 1.43 bits per heavy atom. The van der Waals surface area contributed by atoms with Crippen molar-refractivity contribution in [2.24, 2.45) is 5.92 Å². The number of hydrogen-bond acceptors (Lipinski definition) is 0. The van der Waals surface area contributed by atoms with E-state index < -0.39 is 0 Å². The van der Waals surface area contributed by atoms with Gasteiger partial charge in [0.05, 0.1) is 0 Å². The van der Waals surface area contributed by atoms with Gasteiger partial charge in [-0.05, 0) is 0 Å². The Hall–Kier alpha value is 0.913. The third kappa shape index (κ3) is 3.49. The van der Waals surface area contributed by atoms with Crippen molar-refractivity contribution in [2.75, 3.05) is 0 Å². The second kappa shape index (κ2) is 3.86. The molecule has 0 amide bonds. The van der Waals surface area contributed by atoms with E-state index in [0.29, 0.717) is 0 Å². The number of rotatable bonds is 2. The Bertz CT molecular complexity index is 43.3. The van der Waals surface area contributed by atoms with E-state index in [9.17, 15) is 0 Å². The first-order chi connectivity index (χ1) is 2.93. The van der Waals surface area contributed by atoms with E-state index >= 15 is 0 Å². The molecule has 0 aromatic heterocycles. The normalized spacial score (nSPS) is 18.6. The second-order valence-electron chi connectivity index (χ2n) is 2.09. The first-order valence-electron chi connectivity index (χ1n) is 2.72. The Morgan fingerprint density at radius 2 is 2.00 bits per heavy atom. The monoisotopic (exact) mass is 168 g/mol. The van der Waals surface area contributed by atoms with Gasteiger partial charge in [0.15, 0.2) is 0 Å². The van der Waals surface area contributed by atoms with E-state index in [1.54, 1.807) is 19.3 Å². The summed E-state index contributed by atoms with van der Waals surface area (Å²) in [6.07, 6.45) is 4.62. The molecule has 1 aliphatic carbocycles. The molecule has 0 saturated heterocycles. The molecule has 0 nitrogen and oxygen atoms in total. The van der Waals surface area contributed by atoms with Crippen LogP contribution in [-0.2, 0) is 18.3 Å². The molecule has 38 valence electrons. The molecular weight excluding hydrogens is 161 g/mol. The Labute approximate surface area is 61.1 Å². The van der Waals surface area contributed by atoms with Crippen molar-refractivity contribution in [3.8, 4) is 0 Å². The van der Waals surface area contributed by atoms with Crippen LogP contribution in [0.1, 0.15) is 19.3 Å². The molecule has 0 aromatic carbocycles. The molecule has 0 atom stereocenters. The van der Waals surface area contributed by atoms with Crippen LogP contribution in [0.15, 0.2) is 0 Å². The van der Waals surface area contributed by atoms with Gasteiger partial charge in [-0.1, -0.05) is 0 Å². The van der Waals surface area contributed by atoms with Gasteiger partial charge in [-0.25, -0.2) is 0 Å². The molecule has 1 rings (SSSR count). The summed E-state index contributed by atoms with van der Waals surface area (Å²) in [4.78, 5) is 0. The summed E-state index contributed by atoms with van der Waals surface area (Å²) in [5.74, 6) is 1.18. The summed E-state index contributed by atoms with van der Waals surface area (Å²) in [7, 11) is 0. The molecule has 0 heterocycles. The summed E-state index contributed by atoms with van der Waals surface area (Å²) in [6.45, 7) is 0. The molecule has 0 radical (unpaired) electrons. The van der Waals surface area contributed by atoms with Crippen LogP contribution < -0.4 is 12.4 Å². The molecule has 1 saturated carbocycles. The SMILES string of the molecule is [Cl-].[Zn+][CH2]CC1CC1. The summed E-state index contributed by atoms with van der Waals surface area (Å²) < 4.78 is 0. The van der Waals surface area contributed by atoms with E-state index in [-0.39, 0.29) is 12.4 Å². The zero-order chi connectivity index (χ0) is 4.41. The van der Waals surface area contributed by atoms with Crippen molar-refractivity contribution in [1.29, 1.82) is 0 Å². The van der Waals surface area contributed by atoms with Crippen LogP contribution in [0.2, 0.25) is 5.02 Å². The first kappa shape index (κ1) is 7.91. The maximum absolute atomic E-state index is 1.54. The summed E-state index contributed by atoms with van der Waals surface area (Å²) >= 11 is 1.51. The molecule has 0 bridgehead atoms. The molecule has 1 aliphatic rings. The molecule has 0 aromatic rings. The Morgan fingerprint density at radius 3 is 2.14 bits per heavy atom. The van der Waals surface area contributed by atoms with Crippen LogP contribution in [0.3, 0.4) is 0 Å². The van der Waals surface area contributed by atoms with Crippen molar-refractivity contribution in [3.05, 3.63) is 0 Å². The Balaban J connectivity index is 0.000000360. The molecule has 2 heteroatoms. The third-order valence-corrected chi connectivity index (χ3v) is 2.17. The van der Waals surface area contributed by atoms with E-state index in [2.05, 4.69) is 0 Å². The van der Waals surface area contributed by atoms with Gasteiger partial charge in [0.1, 0.15) is 0 Å². The molecule has 0 unspecified atom stereocenters. The average molecular weight is 170 g/mol. The maximum atomic E-state index is 1.54. The minimum atomic E-state index is 0. The molecule has 7 heavy (non-hydrogen) atoms. The molecular formula is C5H9ClZn. The summed E-state index contributed by atoms with van der Waals surface area (Å²) in [6, 6.07) is 0. The van der Waals surface area contributed by atoms with E-state index in [1.165, 1.54) is 29.2 Å². The Kier molecular flexibility index (Phi) is 4.36. The number of hydrogen-bond donors (Lipinski definition) is 0. The van der Waals surface area contributed by atoms with Crippen molar-refractivity contribution in [2.45, 2.75) is 24.3 Å². The quantitative estimate of drug-likeness (QED) is 0.454. The predicted molar refractivity (Wildman–Crippen MR) is 22.1 cm³/mol. The van der Waals surface area contributed by atoms with Crippen LogP contribution in [0.4, 0.5) is 0 Å². The zero-order valence-electron chi connectivity index (χ0n) is 4.49. The van der Waals surface area contributed by atoms with Crippen molar-refractivity contribution >= 4 is 0 Å². The second-order valence-corrected chi connectivity index (χ2v) is 3.57. The van der Waals surface area contributed by atoms with Crippen LogP contribution >= 0.6 is 0 Å². The van der Waals surface area contributed by atoms with Crippen molar-refractivity contribution in [1.82, 2.24) is 0 Å². The predicted octanol–water partition coefficient (Wildman–Crippen LogP) is -1.24. The molecule has 0 aliphatic heterocycles. The summed E-state index contributed by atoms with van der Waals surface area (Å²) in [5, 5.41) is 1.52. The molecule has 0 spiro atoms. The fourth-order valence-corrected chi connectivity index (χ4v) is 1.91. The van der Waals surface area contributed by atoms with Crippen molar-refractivity contribution in [3.63, 3.8) is 0 Å². The first-order valence-corrected chi connectivity index (χ1v) is 4.82. The van der Waals surface area contributed by atoms with Gasteiger partial charge in [0.2, 0.25) is 0 Å². The van der Waals surface area contributed by atoms with Gasteiger partial charge in [-0.15, -0.1) is 0 Å². The zero-order valence-corrected chi connectivity index (χ0v) is 8.21. The fraction of sp³-hybridized carbons (Fsp3) is 1.00. The van der Waals surface area contributed by atoms with Gasteiger partial charge in [-0.2, -0.15) is 0 Å². The number of halogens is 1. The van der Waals surface area contributed by atoms with E-state index in [1.807, 2.05) is 0 Å². The third-order valence-electron chi connectivity index (χ3n) is 1.31. The van der Waals surface area contributed by atoms with Gasteiger partial charge in [0.25, 0.3) is 0 Å². The van der Waals surface area contributed by atoms with Gasteiger partial charge >= 0.3 is 48.5 Å². The fourth-order valence-electron chi connectivity index (χ4n) is 0.695. The standard InChI is InChI=1S/C5H9.ClH.Zn/c1-2-5-3-4-5;;/h5H,1-4H2;1H;/q;;+1/p-1. The van der Waals surface area contributed by atoms with Gasteiger partial charge < -0.3 is 12.4 Å². The van der Waals surface area contributed by atoms with Gasteiger partial charge in [0, 0.05) is 0 Å². The average Bonchev–Trinajstić information content (AvgIpc) is 2.21. The van der Waals surface area contributed by atoms with Crippen molar-refractivity contribution < 1.29 is 30.7 Å². The van der Waals surface area contributed by atoms with Gasteiger partial charge in [-0.3, -0.25) is 0 Å². The van der Waals surface area contributed by atoms with Crippen LogP contribution in [0, 0.1) is 5.92 Å². The molecule has 0 N–H and O–H groups in total. The van der Waals surface area contributed by atoms with E-state index in [4.69, 9.17) is 0 Å². The molecule has 1 fully saturated rings. The van der Waals surface area contributed by atoms with Crippen LogP contribution in [-0.4, -0.2) is 0 Å². The summed E-state index contributed by atoms with van der Waals surface area (Å²) in [5.41, 5.74) is 0. The van der Waals surface area contributed by atoms with E-state index in [0.717, 1.165) is 0 Å². The van der Waals surface area contributed by atoms with Crippen LogP contribution in [0.5, 0.6) is 0 Å².